The van der Waals surface area contributed by atoms with E-state index in [1.54, 1.807) is 24.3 Å². The van der Waals surface area contributed by atoms with Crippen molar-refractivity contribution in [1.82, 2.24) is 4.90 Å². The minimum atomic E-state index is -4.88. The van der Waals surface area contributed by atoms with Crippen LogP contribution in [-0.2, 0) is 26.2 Å². The average molecular weight is 345 g/mol. The topological polar surface area (TPSA) is 101 Å². The number of aliphatic carboxylic acids is 1. The van der Waals surface area contributed by atoms with Gasteiger partial charge in [0.2, 0.25) is 5.91 Å². The lowest BCUT2D eigenvalue weighted by molar-refractivity contribution is -0.148. The van der Waals surface area contributed by atoms with Crippen molar-refractivity contribution < 1.29 is 31.7 Å². The van der Waals surface area contributed by atoms with E-state index >= 15 is 0 Å². The fraction of sp³-hybridized carbons (Fsp3) is 0.429. The van der Waals surface area contributed by atoms with E-state index in [1.807, 2.05) is 0 Å². The van der Waals surface area contributed by atoms with E-state index in [-0.39, 0.29) is 6.42 Å². The van der Waals surface area contributed by atoms with E-state index < -0.39 is 46.4 Å². The molecule has 0 saturated carbocycles. The van der Waals surface area contributed by atoms with Crippen molar-refractivity contribution in [3.05, 3.63) is 29.8 Å². The molecule has 1 saturated heterocycles. The van der Waals surface area contributed by atoms with Crippen LogP contribution in [0, 0.1) is 0 Å². The monoisotopic (exact) mass is 345 g/mol. The number of ether oxygens (including phenoxy) is 1. The van der Waals surface area contributed by atoms with Crippen molar-refractivity contribution in [1.29, 1.82) is 0 Å². The van der Waals surface area contributed by atoms with Crippen molar-refractivity contribution >= 4 is 22.1 Å². The lowest BCUT2D eigenvalue weighted by Gasteiger charge is -2.24. The van der Waals surface area contributed by atoms with Crippen LogP contribution in [0.25, 0.3) is 0 Å². The second kappa shape index (κ2) is 6.53. The number of hydrogen-bond donors (Lipinski definition) is 1. The number of halogens is 1. The largest absolute Gasteiger partial charge is 0.497 e. The number of rotatable bonds is 6. The van der Waals surface area contributed by atoms with Crippen LogP contribution < -0.4 is 4.74 Å². The van der Waals surface area contributed by atoms with E-state index in [2.05, 4.69) is 0 Å². The van der Waals surface area contributed by atoms with Gasteiger partial charge in [0.1, 0.15) is 17.0 Å². The summed E-state index contributed by atoms with van der Waals surface area (Å²) in [6.07, 6.45) is -0.546. The standard InChI is InChI=1S/C14H16FNO6S/c1-22-10-4-2-9(3-5-10)6-12(14(18)19)16-8-11(7-13(16)17)23(15,20)21/h2-5,11-12H,6-8H2,1H3,(H,18,19)/t11?,12-/m0/s1. The summed E-state index contributed by atoms with van der Waals surface area (Å²) in [5, 5.41) is 7.83. The van der Waals surface area contributed by atoms with Gasteiger partial charge in [-0.25, -0.2) is 4.79 Å². The molecular formula is C14H16FNO6S. The predicted molar refractivity (Wildman–Crippen MR) is 78.3 cm³/mol. The van der Waals surface area contributed by atoms with Crippen molar-refractivity contribution in [3.63, 3.8) is 0 Å². The summed E-state index contributed by atoms with van der Waals surface area (Å²) in [6, 6.07) is 5.35. The van der Waals surface area contributed by atoms with Crippen molar-refractivity contribution in [2.75, 3.05) is 13.7 Å². The summed E-state index contributed by atoms with van der Waals surface area (Å²) in [7, 11) is -3.39. The summed E-state index contributed by atoms with van der Waals surface area (Å²) >= 11 is 0. The molecule has 9 heteroatoms. The SMILES string of the molecule is COc1ccc(C[C@@H](C(=O)O)N2CC(S(=O)(=O)F)CC2=O)cc1. The number of likely N-dealkylation sites (tertiary alicyclic amines) is 1. The van der Waals surface area contributed by atoms with Crippen molar-refractivity contribution in [2.24, 2.45) is 0 Å². The van der Waals surface area contributed by atoms with Crippen LogP contribution in [0.2, 0.25) is 0 Å². The van der Waals surface area contributed by atoms with Gasteiger partial charge in [0.15, 0.2) is 0 Å². The molecule has 1 heterocycles. The molecule has 1 aliphatic heterocycles. The number of carbonyl (C=O) groups excluding carboxylic acids is 1. The third-order valence-corrected chi connectivity index (χ3v) is 4.88. The lowest BCUT2D eigenvalue weighted by Crippen LogP contribution is -2.44. The molecule has 1 unspecified atom stereocenters. The number of methoxy groups -OCH3 is 1. The lowest BCUT2D eigenvalue weighted by atomic mass is 10.0. The van der Waals surface area contributed by atoms with E-state index in [0.29, 0.717) is 11.3 Å². The van der Waals surface area contributed by atoms with Crippen LogP contribution in [0.15, 0.2) is 24.3 Å². The summed E-state index contributed by atoms with van der Waals surface area (Å²) in [4.78, 5) is 24.2. The highest BCUT2D eigenvalue weighted by atomic mass is 32.3. The van der Waals surface area contributed by atoms with E-state index in [4.69, 9.17) is 4.74 Å². The third kappa shape index (κ3) is 3.98. The second-order valence-electron chi connectivity index (χ2n) is 5.25. The van der Waals surface area contributed by atoms with Crippen LogP contribution >= 0.6 is 0 Å². The Labute approximate surface area is 132 Å². The van der Waals surface area contributed by atoms with Crippen molar-refractivity contribution in [3.8, 4) is 5.75 Å². The molecule has 0 bridgehead atoms. The predicted octanol–water partition coefficient (Wildman–Crippen LogP) is 0.591. The molecule has 0 aromatic heterocycles. The molecule has 1 fully saturated rings. The first-order chi connectivity index (χ1) is 10.7. The molecule has 2 atom stereocenters. The van der Waals surface area contributed by atoms with Gasteiger partial charge in [-0.15, -0.1) is 3.89 Å². The quantitative estimate of drug-likeness (QED) is 0.758. The minimum absolute atomic E-state index is 0.00980. The average Bonchev–Trinajstić information content (AvgIpc) is 2.87. The minimum Gasteiger partial charge on any atom is -0.497 e. The molecule has 7 nitrogen and oxygen atoms in total. The van der Waals surface area contributed by atoms with Gasteiger partial charge < -0.3 is 14.7 Å². The van der Waals surface area contributed by atoms with Gasteiger partial charge in [-0.05, 0) is 17.7 Å². The maximum absolute atomic E-state index is 13.0. The zero-order valence-electron chi connectivity index (χ0n) is 12.3. The van der Waals surface area contributed by atoms with Gasteiger partial charge in [-0.3, -0.25) is 4.79 Å². The summed E-state index contributed by atoms with van der Waals surface area (Å²) < 4.78 is 39.9. The highest BCUT2D eigenvalue weighted by Gasteiger charge is 2.43. The Balaban J connectivity index is 2.18. The van der Waals surface area contributed by atoms with E-state index in [9.17, 15) is 27.0 Å². The molecule has 1 aliphatic rings. The number of benzene rings is 1. The zero-order valence-corrected chi connectivity index (χ0v) is 13.1. The first kappa shape index (κ1) is 17.2. The second-order valence-corrected chi connectivity index (χ2v) is 6.87. The normalized spacial score (nSPS) is 19.7. The Kier molecular flexibility index (Phi) is 4.88. The zero-order chi connectivity index (χ0) is 17.2. The van der Waals surface area contributed by atoms with Gasteiger partial charge in [-0.1, -0.05) is 12.1 Å². The Morgan fingerprint density at radius 2 is 2.04 bits per heavy atom. The molecule has 0 radical (unpaired) electrons. The fourth-order valence-corrected chi connectivity index (χ4v) is 3.18. The smallest absolute Gasteiger partial charge is 0.326 e. The number of carboxylic acids is 1. The molecule has 23 heavy (non-hydrogen) atoms. The van der Waals surface area contributed by atoms with Gasteiger partial charge in [0.05, 0.1) is 7.11 Å². The van der Waals surface area contributed by atoms with Crippen LogP contribution in [0.5, 0.6) is 5.75 Å². The van der Waals surface area contributed by atoms with Crippen LogP contribution in [0.1, 0.15) is 12.0 Å². The van der Waals surface area contributed by atoms with Crippen LogP contribution in [0.4, 0.5) is 3.89 Å². The first-order valence-corrected chi connectivity index (χ1v) is 8.25. The van der Waals surface area contributed by atoms with Gasteiger partial charge >= 0.3 is 16.2 Å². The van der Waals surface area contributed by atoms with Crippen molar-refractivity contribution in [2.45, 2.75) is 24.1 Å². The van der Waals surface area contributed by atoms with Gasteiger partial charge in [0, 0.05) is 19.4 Å². The van der Waals surface area contributed by atoms with Gasteiger partial charge in [0.25, 0.3) is 0 Å². The molecule has 0 aliphatic carbocycles. The van der Waals surface area contributed by atoms with Crippen LogP contribution in [0.3, 0.4) is 0 Å². The number of hydrogen-bond acceptors (Lipinski definition) is 5. The summed E-state index contributed by atoms with van der Waals surface area (Å²) in [5.41, 5.74) is 0.637. The molecule has 1 aromatic rings. The molecule has 126 valence electrons. The maximum Gasteiger partial charge on any atom is 0.326 e. The number of carbonyl (C=O) groups is 2. The van der Waals surface area contributed by atoms with Gasteiger partial charge in [-0.2, -0.15) is 8.42 Å². The number of carboxylic acid groups (broad SMARTS) is 1. The Bertz CT molecular complexity index is 702. The molecule has 1 amide bonds. The molecule has 2 rings (SSSR count). The highest BCUT2D eigenvalue weighted by Crippen LogP contribution is 2.24. The highest BCUT2D eigenvalue weighted by molar-refractivity contribution is 7.87. The fourth-order valence-electron chi connectivity index (χ4n) is 2.50. The van der Waals surface area contributed by atoms with E-state index in [0.717, 1.165) is 4.90 Å². The molecule has 1 N–H and O–H groups in total. The van der Waals surface area contributed by atoms with Crippen LogP contribution in [-0.4, -0.2) is 55.2 Å². The summed E-state index contributed by atoms with van der Waals surface area (Å²) in [5.74, 6) is -1.36. The Hall–Kier alpha value is -2.16. The Morgan fingerprint density at radius 3 is 2.48 bits per heavy atom. The number of nitrogens with zero attached hydrogens (tertiary/aromatic N) is 1. The maximum atomic E-state index is 13.0. The van der Waals surface area contributed by atoms with E-state index in [1.165, 1.54) is 7.11 Å². The number of amides is 1. The third-order valence-electron chi connectivity index (χ3n) is 3.77. The molecular weight excluding hydrogens is 329 g/mol. The molecule has 0 spiro atoms. The first-order valence-electron chi connectivity index (χ1n) is 6.81. The summed E-state index contributed by atoms with van der Waals surface area (Å²) in [6.45, 7) is -0.454. The Morgan fingerprint density at radius 1 is 1.43 bits per heavy atom. The molecule has 1 aromatic carbocycles.